The summed E-state index contributed by atoms with van der Waals surface area (Å²) in [6.45, 7) is 2.57. The van der Waals surface area contributed by atoms with Gasteiger partial charge in [0.15, 0.2) is 0 Å². The second-order valence-electron chi connectivity index (χ2n) is 4.72. The molecule has 0 radical (unpaired) electrons. The molecule has 0 bridgehead atoms. The second-order valence-corrected chi connectivity index (χ2v) is 4.72. The first kappa shape index (κ1) is 14.3. The van der Waals surface area contributed by atoms with Crippen molar-refractivity contribution in [2.75, 3.05) is 33.5 Å². The number of aryl methyl sites for hydroxylation is 1. The number of hydrogen-bond donors (Lipinski definition) is 1. The molecule has 19 heavy (non-hydrogen) atoms. The van der Waals surface area contributed by atoms with Gasteiger partial charge in [0.1, 0.15) is 12.4 Å². The van der Waals surface area contributed by atoms with Crippen LogP contribution in [0.2, 0.25) is 0 Å². The number of fused-ring (bicyclic) bond motifs is 1. The molecule has 4 heteroatoms. The molecule has 1 aromatic rings. The van der Waals surface area contributed by atoms with E-state index >= 15 is 0 Å². The second kappa shape index (κ2) is 7.48. The van der Waals surface area contributed by atoms with Crippen LogP contribution in [0.3, 0.4) is 0 Å². The first-order valence-electron chi connectivity index (χ1n) is 6.81. The molecule has 0 heterocycles. The van der Waals surface area contributed by atoms with E-state index in [0.717, 1.165) is 37.2 Å². The Kier molecular flexibility index (Phi) is 5.63. The Bertz CT molecular complexity index is 392. The highest BCUT2D eigenvalue weighted by Gasteiger charge is 2.20. The Morgan fingerprint density at radius 3 is 2.95 bits per heavy atom. The molecule has 1 unspecified atom stereocenters. The summed E-state index contributed by atoms with van der Waals surface area (Å²) in [5.74, 6) is 0.855. The zero-order valence-electron chi connectivity index (χ0n) is 11.4. The van der Waals surface area contributed by atoms with Crippen LogP contribution in [0.15, 0.2) is 18.2 Å². The highest BCUT2D eigenvalue weighted by atomic mass is 16.5. The first-order valence-corrected chi connectivity index (χ1v) is 6.81. The van der Waals surface area contributed by atoms with Crippen molar-refractivity contribution in [2.24, 2.45) is 0 Å². The van der Waals surface area contributed by atoms with E-state index in [2.05, 4.69) is 0 Å². The average molecular weight is 266 g/mol. The van der Waals surface area contributed by atoms with Crippen LogP contribution in [0.5, 0.6) is 5.75 Å². The molecule has 0 saturated carbocycles. The van der Waals surface area contributed by atoms with Gasteiger partial charge in [-0.15, -0.1) is 0 Å². The van der Waals surface area contributed by atoms with Crippen molar-refractivity contribution >= 4 is 0 Å². The molecule has 2 rings (SSSR count). The maximum absolute atomic E-state index is 9.72. The summed E-state index contributed by atoms with van der Waals surface area (Å²) in [6, 6.07) is 5.90. The van der Waals surface area contributed by atoms with E-state index in [0.29, 0.717) is 19.8 Å². The van der Waals surface area contributed by atoms with E-state index in [1.807, 2.05) is 18.2 Å². The van der Waals surface area contributed by atoms with E-state index in [4.69, 9.17) is 14.2 Å². The summed E-state index contributed by atoms with van der Waals surface area (Å²) >= 11 is 0. The Morgan fingerprint density at radius 2 is 2.11 bits per heavy atom. The third kappa shape index (κ3) is 4.20. The fourth-order valence-electron chi connectivity index (χ4n) is 2.29. The minimum absolute atomic E-state index is 0.298. The lowest BCUT2D eigenvalue weighted by atomic mass is 10.1. The number of methoxy groups -OCH3 is 1. The fourth-order valence-corrected chi connectivity index (χ4v) is 2.29. The summed E-state index contributed by atoms with van der Waals surface area (Å²) < 4.78 is 16.0. The summed E-state index contributed by atoms with van der Waals surface area (Å²) in [4.78, 5) is 0. The molecular formula is C15H22O4. The van der Waals surface area contributed by atoms with Crippen molar-refractivity contribution in [3.05, 3.63) is 29.3 Å². The third-order valence-corrected chi connectivity index (χ3v) is 3.29. The minimum atomic E-state index is -0.298. The summed E-state index contributed by atoms with van der Waals surface area (Å²) in [5, 5.41) is 9.72. The number of ether oxygens (including phenoxy) is 3. The topological polar surface area (TPSA) is 47.9 Å². The van der Waals surface area contributed by atoms with Crippen LogP contribution in [0.4, 0.5) is 0 Å². The maximum atomic E-state index is 9.72. The lowest BCUT2D eigenvalue weighted by Gasteiger charge is -2.09. The molecule has 0 saturated heterocycles. The van der Waals surface area contributed by atoms with Crippen LogP contribution in [-0.4, -0.2) is 38.6 Å². The van der Waals surface area contributed by atoms with Crippen LogP contribution >= 0.6 is 0 Å². The SMILES string of the molecule is COCCCOCCOc1ccc2c(c1)CCC2O. The highest BCUT2D eigenvalue weighted by molar-refractivity contribution is 5.39. The van der Waals surface area contributed by atoms with Gasteiger partial charge in [-0.25, -0.2) is 0 Å². The maximum Gasteiger partial charge on any atom is 0.119 e. The van der Waals surface area contributed by atoms with Crippen molar-refractivity contribution in [3.8, 4) is 5.75 Å². The highest BCUT2D eigenvalue weighted by Crippen LogP contribution is 2.33. The first-order chi connectivity index (χ1) is 9.31. The predicted molar refractivity (Wildman–Crippen MR) is 72.5 cm³/mol. The minimum Gasteiger partial charge on any atom is -0.491 e. The molecule has 1 N–H and O–H groups in total. The van der Waals surface area contributed by atoms with Gasteiger partial charge in [0.2, 0.25) is 0 Å². The molecule has 0 aromatic heterocycles. The summed E-state index contributed by atoms with van der Waals surface area (Å²) in [7, 11) is 1.69. The van der Waals surface area contributed by atoms with Gasteiger partial charge in [-0.3, -0.25) is 0 Å². The number of benzene rings is 1. The number of rotatable bonds is 8. The smallest absolute Gasteiger partial charge is 0.119 e. The Morgan fingerprint density at radius 1 is 1.21 bits per heavy atom. The molecule has 1 atom stereocenters. The predicted octanol–water partition coefficient (Wildman–Crippen LogP) is 2.10. The quantitative estimate of drug-likeness (QED) is 0.732. The van der Waals surface area contributed by atoms with Crippen LogP contribution < -0.4 is 4.74 Å². The molecule has 0 fully saturated rings. The van der Waals surface area contributed by atoms with Gasteiger partial charge < -0.3 is 19.3 Å². The van der Waals surface area contributed by atoms with E-state index < -0.39 is 0 Å². The summed E-state index contributed by atoms with van der Waals surface area (Å²) in [6.07, 6.45) is 2.36. The number of hydrogen-bond acceptors (Lipinski definition) is 4. The molecule has 4 nitrogen and oxygen atoms in total. The van der Waals surface area contributed by atoms with Crippen molar-refractivity contribution in [1.82, 2.24) is 0 Å². The van der Waals surface area contributed by atoms with Gasteiger partial charge in [-0.2, -0.15) is 0 Å². The van der Waals surface area contributed by atoms with E-state index in [1.165, 1.54) is 5.56 Å². The van der Waals surface area contributed by atoms with Gasteiger partial charge in [0.25, 0.3) is 0 Å². The van der Waals surface area contributed by atoms with E-state index in [1.54, 1.807) is 7.11 Å². The Labute approximate surface area is 114 Å². The van der Waals surface area contributed by atoms with Gasteiger partial charge in [-0.1, -0.05) is 6.07 Å². The van der Waals surface area contributed by atoms with Crippen molar-refractivity contribution < 1.29 is 19.3 Å². The zero-order valence-corrected chi connectivity index (χ0v) is 11.4. The van der Waals surface area contributed by atoms with Gasteiger partial charge in [-0.05, 0) is 42.5 Å². The van der Waals surface area contributed by atoms with Crippen molar-refractivity contribution in [3.63, 3.8) is 0 Å². The standard InChI is InChI=1S/C15H22O4/c1-17-7-2-8-18-9-10-19-13-4-5-14-12(11-13)3-6-15(14)16/h4-5,11,15-16H,2-3,6-10H2,1H3. The molecule has 1 aromatic carbocycles. The molecule has 0 spiro atoms. The molecule has 0 amide bonds. The lowest BCUT2D eigenvalue weighted by molar-refractivity contribution is 0.0806. The van der Waals surface area contributed by atoms with Gasteiger partial charge in [0, 0.05) is 20.3 Å². The van der Waals surface area contributed by atoms with Crippen LogP contribution in [0, 0.1) is 0 Å². The van der Waals surface area contributed by atoms with E-state index in [9.17, 15) is 5.11 Å². The Balaban J connectivity index is 1.67. The molecule has 0 aliphatic heterocycles. The van der Waals surface area contributed by atoms with Crippen LogP contribution in [0.25, 0.3) is 0 Å². The number of aliphatic hydroxyl groups excluding tert-OH is 1. The van der Waals surface area contributed by atoms with Crippen molar-refractivity contribution in [2.45, 2.75) is 25.4 Å². The number of aliphatic hydroxyl groups is 1. The van der Waals surface area contributed by atoms with Gasteiger partial charge in [0.05, 0.1) is 12.7 Å². The fraction of sp³-hybridized carbons (Fsp3) is 0.600. The zero-order chi connectivity index (χ0) is 13.5. The van der Waals surface area contributed by atoms with E-state index in [-0.39, 0.29) is 6.10 Å². The largest absolute Gasteiger partial charge is 0.491 e. The Hall–Kier alpha value is -1.10. The molecular weight excluding hydrogens is 244 g/mol. The summed E-state index contributed by atoms with van der Waals surface area (Å²) in [5.41, 5.74) is 2.24. The van der Waals surface area contributed by atoms with Crippen LogP contribution in [0.1, 0.15) is 30.1 Å². The molecule has 1 aliphatic carbocycles. The molecule has 106 valence electrons. The average Bonchev–Trinajstić information content (AvgIpc) is 2.79. The van der Waals surface area contributed by atoms with Crippen LogP contribution in [-0.2, 0) is 15.9 Å². The normalized spacial score (nSPS) is 17.5. The van der Waals surface area contributed by atoms with Crippen molar-refractivity contribution in [1.29, 1.82) is 0 Å². The van der Waals surface area contributed by atoms with Gasteiger partial charge >= 0.3 is 0 Å². The monoisotopic (exact) mass is 266 g/mol. The third-order valence-electron chi connectivity index (χ3n) is 3.29. The lowest BCUT2D eigenvalue weighted by Crippen LogP contribution is -2.08. The molecule has 1 aliphatic rings.